The summed E-state index contributed by atoms with van der Waals surface area (Å²) in [7, 11) is -4.48. The number of hydrogen-bond donors (Lipinski definition) is 2. The van der Waals surface area contributed by atoms with Crippen molar-refractivity contribution in [3.63, 3.8) is 0 Å². The van der Waals surface area contributed by atoms with Gasteiger partial charge in [-0.2, -0.15) is 0 Å². The van der Waals surface area contributed by atoms with E-state index in [1.165, 1.54) is 6.08 Å². The van der Waals surface area contributed by atoms with E-state index in [9.17, 15) is 14.4 Å². The van der Waals surface area contributed by atoms with Crippen molar-refractivity contribution in [3.8, 4) is 0 Å². The topological polar surface area (TPSA) is 57.5 Å². The summed E-state index contributed by atoms with van der Waals surface area (Å²) in [6.45, 7) is 5.61. The molecule has 2 aromatic rings. The maximum absolute atomic E-state index is 12.2. The SMILES string of the molecule is C=CC(c1ccccc1)(c1ccc(C)cc1)P(=O)(O)O. The molecule has 0 aliphatic carbocycles. The molecule has 2 aromatic carbocycles. The molecule has 3 nitrogen and oxygen atoms in total. The number of rotatable bonds is 4. The van der Waals surface area contributed by atoms with E-state index in [4.69, 9.17) is 0 Å². The van der Waals surface area contributed by atoms with Crippen LogP contribution >= 0.6 is 7.60 Å². The van der Waals surface area contributed by atoms with Crippen molar-refractivity contribution < 1.29 is 14.4 Å². The summed E-state index contributed by atoms with van der Waals surface area (Å²) in [5, 5.41) is -1.51. The van der Waals surface area contributed by atoms with Crippen molar-refractivity contribution >= 4 is 7.60 Å². The van der Waals surface area contributed by atoms with Gasteiger partial charge in [-0.05, 0) is 18.1 Å². The fourth-order valence-corrected chi connectivity index (χ4v) is 3.57. The zero-order chi connectivity index (χ0) is 14.8. The average molecular weight is 288 g/mol. The van der Waals surface area contributed by atoms with E-state index in [2.05, 4.69) is 6.58 Å². The van der Waals surface area contributed by atoms with Crippen LogP contribution in [0.2, 0.25) is 0 Å². The summed E-state index contributed by atoms with van der Waals surface area (Å²) in [5.74, 6) is 0. The first-order valence-corrected chi connectivity index (χ1v) is 7.85. The second-order valence-corrected chi connectivity index (χ2v) is 6.54. The lowest BCUT2D eigenvalue weighted by atomic mass is 9.90. The molecule has 0 aliphatic rings. The Morgan fingerprint density at radius 2 is 1.50 bits per heavy atom. The molecule has 0 aromatic heterocycles. The van der Waals surface area contributed by atoms with Gasteiger partial charge in [0.2, 0.25) is 0 Å². The normalized spacial score (nSPS) is 14.6. The van der Waals surface area contributed by atoms with Crippen LogP contribution in [-0.4, -0.2) is 9.79 Å². The van der Waals surface area contributed by atoms with Gasteiger partial charge in [0.1, 0.15) is 5.16 Å². The molecule has 0 bridgehead atoms. The smallest absolute Gasteiger partial charge is 0.323 e. The third kappa shape index (κ3) is 2.36. The Hall–Kier alpha value is -1.67. The molecule has 1 unspecified atom stereocenters. The number of aryl methyl sites for hydroxylation is 1. The number of allylic oxidation sites excluding steroid dienone is 1. The maximum Gasteiger partial charge on any atom is 0.344 e. The average Bonchev–Trinajstić information content (AvgIpc) is 2.42. The minimum atomic E-state index is -4.48. The summed E-state index contributed by atoms with van der Waals surface area (Å²) in [6.07, 6.45) is 1.34. The molecule has 4 heteroatoms. The molecule has 0 saturated carbocycles. The molecule has 0 fully saturated rings. The zero-order valence-corrected chi connectivity index (χ0v) is 12.1. The summed E-state index contributed by atoms with van der Waals surface area (Å²) in [4.78, 5) is 19.9. The lowest BCUT2D eigenvalue weighted by molar-refractivity contribution is 0.351. The van der Waals surface area contributed by atoms with Crippen LogP contribution in [0.5, 0.6) is 0 Å². The fraction of sp³-hybridized carbons (Fsp3) is 0.125. The molecule has 20 heavy (non-hydrogen) atoms. The van der Waals surface area contributed by atoms with Crippen LogP contribution in [0.1, 0.15) is 16.7 Å². The van der Waals surface area contributed by atoms with E-state index in [0.717, 1.165) is 5.56 Å². The van der Waals surface area contributed by atoms with E-state index in [1.807, 2.05) is 25.1 Å². The summed E-state index contributed by atoms with van der Waals surface area (Å²) in [6, 6.07) is 15.9. The van der Waals surface area contributed by atoms with Crippen LogP contribution in [0.3, 0.4) is 0 Å². The Morgan fingerprint density at radius 3 is 1.95 bits per heavy atom. The summed E-state index contributed by atoms with van der Waals surface area (Å²) in [5.41, 5.74) is 2.11. The Labute approximate surface area is 118 Å². The van der Waals surface area contributed by atoms with Crippen molar-refractivity contribution in [2.75, 3.05) is 0 Å². The van der Waals surface area contributed by atoms with Gasteiger partial charge >= 0.3 is 7.60 Å². The van der Waals surface area contributed by atoms with Gasteiger partial charge in [0.05, 0.1) is 0 Å². The largest absolute Gasteiger partial charge is 0.344 e. The Kier molecular flexibility index (Phi) is 3.96. The van der Waals surface area contributed by atoms with Crippen molar-refractivity contribution in [2.45, 2.75) is 12.1 Å². The second kappa shape index (κ2) is 5.37. The van der Waals surface area contributed by atoms with Crippen LogP contribution in [0.15, 0.2) is 67.3 Å². The Bertz CT molecular complexity index is 643. The molecule has 104 valence electrons. The Morgan fingerprint density at radius 1 is 1.00 bits per heavy atom. The molecule has 0 heterocycles. The fourth-order valence-electron chi connectivity index (χ4n) is 2.36. The number of benzene rings is 2. The minimum absolute atomic E-state index is 0.534. The Balaban J connectivity index is 2.76. The quantitative estimate of drug-likeness (QED) is 0.667. The van der Waals surface area contributed by atoms with Gasteiger partial charge in [-0.1, -0.05) is 66.2 Å². The van der Waals surface area contributed by atoms with Crippen LogP contribution < -0.4 is 0 Å². The standard InChI is InChI=1S/C16H17O3P/c1-3-16(20(17,18)19,14-7-5-4-6-8-14)15-11-9-13(2)10-12-15/h3-12H,1H2,2H3,(H2,17,18,19). The lowest BCUT2D eigenvalue weighted by Gasteiger charge is -2.32. The van der Waals surface area contributed by atoms with E-state index < -0.39 is 12.8 Å². The van der Waals surface area contributed by atoms with Crippen LogP contribution in [-0.2, 0) is 9.72 Å². The summed E-state index contributed by atoms with van der Waals surface area (Å²) >= 11 is 0. The zero-order valence-electron chi connectivity index (χ0n) is 11.2. The maximum atomic E-state index is 12.2. The second-order valence-electron chi connectivity index (χ2n) is 4.75. The van der Waals surface area contributed by atoms with Crippen LogP contribution in [0.25, 0.3) is 0 Å². The third-order valence-electron chi connectivity index (χ3n) is 3.46. The number of hydrogen-bond acceptors (Lipinski definition) is 1. The minimum Gasteiger partial charge on any atom is -0.323 e. The molecule has 0 aliphatic heterocycles. The van der Waals surface area contributed by atoms with Gasteiger partial charge in [-0.3, -0.25) is 4.57 Å². The molecular formula is C16H17O3P. The van der Waals surface area contributed by atoms with E-state index in [0.29, 0.717) is 11.1 Å². The van der Waals surface area contributed by atoms with Gasteiger partial charge in [-0.25, -0.2) is 0 Å². The van der Waals surface area contributed by atoms with Crippen molar-refractivity contribution in [1.29, 1.82) is 0 Å². The van der Waals surface area contributed by atoms with Crippen LogP contribution in [0.4, 0.5) is 0 Å². The molecule has 1 atom stereocenters. The van der Waals surface area contributed by atoms with Crippen molar-refractivity contribution in [3.05, 3.63) is 83.9 Å². The first-order chi connectivity index (χ1) is 9.41. The van der Waals surface area contributed by atoms with Crippen molar-refractivity contribution in [2.24, 2.45) is 0 Å². The van der Waals surface area contributed by atoms with E-state index in [-0.39, 0.29) is 0 Å². The highest BCUT2D eigenvalue weighted by Gasteiger charge is 2.47. The lowest BCUT2D eigenvalue weighted by Crippen LogP contribution is -2.25. The molecular weight excluding hydrogens is 271 g/mol. The monoisotopic (exact) mass is 288 g/mol. The first-order valence-electron chi connectivity index (χ1n) is 6.24. The highest BCUT2D eigenvalue weighted by Crippen LogP contribution is 2.61. The first kappa shape index (κ1) is 14.7. The van der Waals surface area contributed by atoms with Crippen molar-refractivity contribution in [1.82, 2.24) is 0 Å². The van der Waals surface area contributed by atoms with Gasteiger partial charge < -0.3 is 9.79 Å². The van der Waals surface area contributed by atoms with Gasteiger partial charge in [0.15, 0.2) is 0 Å². The highest BCUT2D eigenvalue weighted by molar-refractivity contribution is 7.53. The summed E-state index contributed by atoms with van der Waals surface area (Å²) < 4.78 is 12.2. The molecule has 2 N–H and O–H groups in total. The van der Waals surface area contributed by atoms with Crippen LogP contribution in [0, 0.1) is 6.92 Å². The van der Waals surface area contributed by atoms with Gasteiger partial charge in [-0.15, -0.1) is 6.58 Å². The van der Waals surface area contributed by atoms with Gasteiger partial charge in [0.25, 0.3) is 0 Å². The molecule has 0 amide bonds. The highest BCUT2D eigenvalue weighted by atomic mass is 31.2. The third-order valence-corrected chi connectivity index (χ3v) is 5.08. The molecule has 0 spiro atoms. The molecule has 2 rings (SSSR count). The van der Waals surface area contributed by atoms with E-state index >= 15 is 0 Å². The van der Waals surface area contributed by atoms with Gasteiger partial charge in [0, 0.05) is 0 Å². The predicted octanol–water partition coefficient (Wildman–Crippen LogP) is 3.60. The predicted molar refractivity (Wildman–Crippen MR) is 80.6 cm³/mol. The molecule has 0 saturated heterocycles. The van der Waals surface area contributed by atoms with E-state index in [1.54, 1.807) is 36.4 Å². The molecule has 0 radical (unpaired) electrons.